The summed E-state index contributed by atoms with van der Waals surface area (Å²) in [6.45, 7) is 0. The number of aromatic nitrogens is 2. The maximum absolute atomic E-state index is 14.1. The van der Waals surface area contributed by atoms with Crippen LogP contribution in [0.25, 0.3) is 16.6 Å². The molecule has 138 valence electrons. The summed E-state index contributed by atoms with van der Waals surface area (Å²) in [7, 11) is 0. The van der Waals surface area contributed by atoms with Crippen LogP contribution >= 0.6 is 0 Å². The number of fused-ring (bicyclic) bond motifs is 1. The van der Waals surface area contributed by atoms with Crippen LogP contribution in [-0.2, 0) is 6.18 Å². The molecule has 1 unspecified atom stereocenters. The van der Waals surface area contributed by atoms with E-state index in [-0.39, 0.29) is 16.6 Å². The van der Waals surface area contributed by atoms with Crippen molar-refractivity contribution in [3.63, 3.8) is 0 Å². The molecular formula is C16H9F7N2O. The fourth-order valence-electron chi connectivity index (χ4n) is 2.47. The molecule has 0 saturated heterocycles. The number of alkyl halides is 6. The van der Waals surface area contributed by atoms with Crippen LogP contribution in [0.5, 0.6) is 0 Å². The third-order valence-electron chi connectivity index (χ3n) is 3.71. The Bertz CT molecular complexity index is 959. The van der Waals surface area contributed by atoms with E-state index in [1.165, 1.54) is 6.07 Å². The lowest BCUT2D eigenvalue weighted by Gasteiger charge is -2.16. The van der Waals surface area contributed by atoms with Gasteiger partial charge in [-0.15, -0.1) is 0 Å². The normalized spacial score (nSPS) is 14.0. The van der Waals surface area contributed by atoms with E-state index in [2.05, 4.69) is 5.10 Å². The molecule has 1 aromatic heterocycles. The van der Waals surface area contributed by atoms with Crippen molar-refractivity contribution in [1.82, 2.24) is 9.78 Å². The first-order chi connectivity index (χ1) is 12.0. The van der Waals surface area contributed by atoms with Crippen molar-refractivity contribution in [2.24, 2.45) is 0 Å². The predicted octanol–water partition coefficient (Wildman–Crippen LogP) is 4.78. The summed E-state index contributed by atoms with van der Waals surface area (Å²) in [5.41, 5.74) is -2.03. The highest BCUT2D eigenvalue weighted by Gasteiger charge is 2.41. The summed E-state index contributed by atoms with van der Waals surface area (Å²) in [6, 6.07) is 5.49. The lowest BCUT2D eigenvalue weighted by atomic mass is 10.1. The number of benzene rings is 2. The predicted molar refractivity (Wildman–Crippen MR) is 77.0 cm³/mol. The van der Waals surface area contributed by atoms with Crippen molar-refractivity contribution < 1.29 is 35.8 Å². The van der Waals surface area contributed by atoms with Gasteiger partial charge in [-0.3, -0.25) is 0 Å². The van der Waals surface area contributed by atoms with Crippen LogP contribution in [0.3, 0.4) is 0 Å². The molecule has 0 bridgehead atoms. The zero-order chi connectivity index (χ0) is 19.3. The van der Waals surface area contributed by atoms with E-state index in [1.807, 2.05) is 0 Å². The molecule has 0 saturated carbocycles. The molecular weight excluding hydrogens is 369 g/mol. The van der Waals surface area contributed by atoms with Gasteiger partial charge in [0.15, 0.2) is 6.10 Å². The van der Waals surface area contributed by atoms with Crippen LogP contribution in [0.4, 0.5) is 30.7 Å². The minimum absolute atomic E-state index is 0.0297. The van der Waals surface area contributed by atoms with E-state index in [9.17, 15) is 35.8 Å². The van der Waals surface area contributed by atoms with Gasteiger partial charge in [-0.05, 0) is 24.3 Å². The molecule has 1 atom stereocenters. The zero-order valence-corrected chi connectivity index (χ0v) is 12.6. The van der Waals surface area contributed by atoms with Crippen LogP contribution in [-0.4, -0.2) is 21.1 Å². The Labute approximate surface area is 141 Å². The van der Waals surface area contributed by atoms with E-state index >= 15 is 0 Å². The average molecular weight is 378 g/mol. The topological polar surface area (TPSA) is 38.1 Å². The van der Waals surface area contributed by atoms with Crippen molar-refractivity contribution in [2.45, 2.75) is 18.5 Å². The highest BCUT2D eigenvalue weighted by molar-refractivity contribution is 5.81. The van der Waals surface area contributed by atoms with E-state index in [0.29, 0.717) is 6.07 Å². The molecule has 3 nitrogen and oxygen atoms in total. The first kappa shape index (κ1) is 18.2. The summed E-state index contributed by atoms with van der Waals surface area (Å²) in [4.78, 5) is 0. The van der Waals surface area contributed by atoms with Gasteiger partial charge < -0.3 is 5.11 Å². The van der Waals surface area contributed by atoms with Gasteiger partial charge in [0.05, 0.1) is 23.0 Å². The number of halogens is 7. The van der Waals surface area contributed by atoms with E-state index < -0.39 is 35.4 Å². The quantitative estimate of drug-likeness (QED) is 0.652. The molecule has 3 aromatic rings. The minimum atomic E-state index is -5.06. The second-order valence-corrected chi connectivity index (χ2v) is 5.48. The van der Waals surface area contributed by atoms with Crippen LogP contribution in [0.1, 0.15) is 17.2 Å². The Kier molecular flexibility index (Phi) is 4.18. The maximum atomic E-state index is 14.1. The Morgan fingerprint density at radius 1 is 1.00 bits per heavy atom. The molecule has 1 heterocycles. The molecule has 0 amide bonds. The Morgan fingerprint density at radius 2 is 1.69 bits per heavy atom. The monoisotopic (exact) mass is 378 g/mol. The SMILES string of the molecule is OC(c1cc2cnn(-c3cccc(C(F)(F)F)c3)c2cc1F)C(F)(F)F. The third-order valence-corrected chi connectivity index (χ3v) is 3.71. The number of hydrogen-bond acceptors (Lipinski definition) is 2. The molecule has 0 aliphatic carbocycles. The number of hydrogen-bond donors (Lipinski definition) is 1. The third kappa shape index (κ3) is 3.24. The molecule has 1 N–H and O–H groups in total. The van der Waals surface area contributed by atoms with Crippen molar-refractivity contribution in [3.8, 4) is 5.69 Å². The first-order valence-corrected chi connectivity index (χ1v) is 7.08. The summed E-state index contributed by atoms with van der Waals surface area (Å²) >= 11 is 0. The number of rotatable bonds is 2. The van der Waals surface area contributed by atoms with Gasteiger partial charge in [-0.2, -0.15) is 31.4 Å². The summed E-state index contributed by atoms with van der Waals surface area (Å²) in [5, 5.41) is 13.1. The zero-order valence-electron chi connectivity index (χ0n) is 12.6. The summed E-state index contributed by atoms with van der Waals surface area (Å²) in [6.07, 6.45) is -11.6. The highest BCUT2D eigenvalue weighted by Crippen LogP contribution is 2.36. The van der Waals surface area contributed by atoms with Gasteiger partial charge in [0, 0.05) is 17.0 Å². The Balaban J connectivity index is 2.12. The van der Waals surface area contributed by atoms with Crippen LogP contribution in [0, 0.1) is 5.82 Å². The number of nitrogens with zero attached hydrogens (tertiary/aromatic N) is 2. The van der Waals surface area contributed by atoms with Crippen molar-refractivity contribution in [1.29, 1.82) is 0 Å². The number of aliphatic hydroxyl groups excluding tert-OH is 1. The fraction of sp³-hybridized carbons (Fsp3) is 0.188. The van der Waals surface area contributed by atoms with Gasteiger partial charge in [0.1, 0.15) is 5.82 Å². The molecule has 0 radical (unpaired) electrons. The van der Waals surface area contributed by atoms with Gasteiger partial charge in [-0.25, -0.2) is 9.07 Å². The second-order valence-electron chi connectivity index (χ2n) is 5.48. The number of aliphatic hydroxyl groups is 1. The largest absolute Gasteiger partial charge is 0.418 e. The molecule has 10 heteroatoms. The van der Waals surface area contributed by atoms with Gasteiger partial charge in [0.25, 0.3) is 0 Å². The average Bonchev–Trinajstić information content (AvgIpc) is 2.94. The molecule has 3 rings (SSSR count). The van der Waals surface area contributed by atoms with E-state index in [4.69, 9.17) is 0 Å². The maximum Gasteiger partial charge on any atom is 0.418 e. The Morgan fingerprint density at radius 3 is 2.31 bits per heavy atom. The first-order valence-electron chi connectivity index (χ1n) is 7.08. The van der Waals surface area contributed by atoms with Gasteiger partial charge in [0.2, 0.25) is 0 Å². The van der Waals surface area contributed by atoms with Crippen LogP contribution in [0.15, 0.2) is 42.6 Å². The van der Waals surface area contributed by atoms with Crippen molar-refractivity contribution >= 4 is 10.9 Å². The van der Waals surface area contributed by atoms with Gasteiger partial charge in [-0.1, -0.05) is 6.07 Å². The lowest BCUT2D eigenvalue weighted by molar-refractivity contribution is -0.207. The standard InChI is InChI=1S/C16H9F7N2O/c17-12-6-13-8(4-11(12)14(26)16(21,22)23)7-24-25(13)10-3-1-2-9(5-10)15(18,19)20/h1-7,14,26H. The molecule has 2 aromatic carbocycles. The summed E-state index contributed by atoms with van der Waals surface area (Å²) < 4.78 is 91.3. The van der Waals surface area contributed by atoms with Crippen LogP contribution in [0.2, 0.25) is 0 Å². The molecule has 0 spiro atoms. The minimum Gasteiger partial charge on any atom is -0.379 e. The van der Waals surface area contributed by atoms with E-state index in [0.717, 1.165) is 35.1 Å². The second kappa shape index (κ2) is 5.97. The lowest BCUT2D eigenvalue weighted by Crippen LogP contribution is -2.21. The van der Waals surface area contributed by atoms with Crippen molar-refractivity contribution in [3.05, 3.63) is 59.5 Å². The van der Waals surface area contributed by atoms with Gasteiger partial charge >= 0.3 is 12.4 Å². The highest BCUT2D eigenvalue weighted by atomic mass is 19.4. The molecule has 0 aliphatic rings. The van der Waals surface area contributed by atoms with E-state index in [1.54, 1.807) is 0 Å². The Hall–Kier alpha value is -2.62. The van der Waals surface area contributed by atoms with Crippen LogP contribution < -0.4 is 0 Å². The smallest absolute Gasteiger partial charge is 0.379 e. The molecule has 0 fully saturated rings. The van der Waals surface area contributed by atoms with Crippen molar-refractivity contribution in [2.75, 3.05) is 0 Å². The molecule has 0 aliphatic heterocycles. The molecule has 26 heavy (non-hydrogen) atoms. The fourth-order valence-corrected chi connectivity index (χ4v) is 2.47. The summed E-state index contributed by atoms with van der Waals surface area (Å²) in [5.74, 6) is -1.35.